The molecule has 0 unspecified atom stereocenters. The van der Waals surface area contributed by atoms with Crippen molar-refractivity contribution in [1.82, 2.24) is 25.8 Å². The number of β-amino-alcohol motifs (C(OH)–C–C–N with tert-alkyl or cyclic N) is 1. The fraction of sp³-hybridized carbons (Fsp3) is 0.500. The molecule has 1 aliphatic carbocycles. The van der Waals surface area contributed by atoms with E-state index in [2.05, 4.69) is 54.7 Å². The molecule has 6 rings (SSSR count). The van der Waals surface area contributed by atoms with Gasteiger partial charge in [-0.1, -0.05) is 84.3 Å². The molecular formula is C52H65ClN6O8S. The van der Waals surface area contributed by atoms with E-state index in [1.165, 1.54) is 4.90 Å². The summed E-state index contributed by atoms with van der Waals surface area (Å²) in [6.45, 7) is 18.1. The van der Waals surface area contributed by atoms with Crippen LogP contribution in [0.25, 0.3) is 10.4 Å². The fourth-order valence-electron chi connectivity index (χ4n) is 9.52. The van der Waals surface area contributed by atoms with Crippen molar-refractivity contribution >= 4 is 46.6 Å². The highest BCUT2D eigenvalue weighted by molar-refractivity contribution is 7.13. The minimum Gasteiger partial charge on any atom is -0.494 e. The molecule has 4 atom stereocenters. The van der Waals surface area contributed by atoms with Crippen LogP contribution >= 0.6 is 22.9 Å². The fourth-order valence-corrected chi connectivity index (χ4v) is 10.5. The normalized spacial score (nSPS) is 20.3. The number of nitrogens with one attached hydrogen (secondary N) is 3. The monoisotopic (exact) mass is 968 g/mol. The second kappa shape index (κ2) is 21.8. The Morgan fingerprint density at radius 3 is 2.29 bits per heavy atom. The van der Waals surface area contributed by atoms with E-state index in [-0.39, 0.29) is 56.2 Å². The van der Waals surface area contributed by atoms with Crippen molar-refractivity contribution in [2.24, 2.45) is 16.2 Å². The summed E-state index contributed by atoms with van der Waals surface area (Å²) in [7, 11) is 0. The Bertz CT molecular complexity index is 2450. The largest absolute Gasteiger partial charge is 0.494 e. The molecule has 3 aromatic carbocycles. The second-order valence-electron chi connectivity index (χ2n) is 20.2. The molecular weight excluding hydrogens is 904 g/mol. The maximum absolute atomic E-state index is 14.0. The van der Waals surface area contributed by atoms with E-state index in [0.717, 1.165) is 34.5 Å². The molecule has 4 aromatic rings. The van der Waals surface area contributed by atoms with Gasteiger partial charge in [0.15, 0.2) is 0 Å². The molecule has 4 amide bonds. The number of carbonyl (C=O) groups is 4. The van der Waals surface area contributed by atoms with Crippen molar-refractivity contribution in [3.8, 4) is 28.0 Å². The summed E-state index contributed by atoms with van der Waals surface area (Å²) in [5.41, 5.74) is 4.12. The van der Waals surface area contributed by atoms with Crippen molar-refractivity contribution in [2.45, 2.75) is 131 Å². The van der Waals surface area contributed by atoms with Crippen LogP contribution in [-0.2, 0) is 25.7 Å². The van der Waals surface area contributed by atoms with Gasteiger partial charge in [0, 0.05) is 48.0 Å². The summed E-state index contributed by atoms with van der Waals surface area (Å²) in [6, 6.07) is 20.0. The Morgan fingerprint density at radius 1 is 1.00 bits per heavy atom. The summed E-state index contributed by atoms with van der Waals surface area (Å²) in [6.07, 6.45) is 0.965. The van der Waals surface area contributed by atoms with Crippen LogP contribution in [-0.4, -0.2) is 94.8 Å². The molecule has 16 heteroatoms. The van der Waals surface area contributed by atoms with E-state index >= 15 is 0 Å². The van der Waals surface area contributed by atoms with E-state index in [1.54, 1.807) is 53.8 Å². The number of aliphatic hydroxyl groups is 1. The van der Waals surface area contributed by atoms with Crippen LogP contribution in [0.4, 0.5) is 0 Å². The SMILES string of the molecule is Cc1ncsc1-c1ccc(CNC(=O)[C@@H]2C[C@@H](O)CN2C(=O)[C@@H](NC(=O)CO[C@H](C)CCCCOc2ccc(C(=O)N[C@H]3C(C)(C)[C@H](Oc4ccc(C#N)c(Cl)c4)C3(C)C)cc2)C(C)(C)C)cc1. The molecule has 14 nitrogen and oxygen atoms in total. The zero-order chi connectivity index (χ0) is 49.6. The van der Waals surface area contributed by atoms with Gasteiger partial charge in [0.2, 0.25) is 17.7 Å². The first-order valence-electron chi connectivity index (χ1n) is 23.2. The number of amides is 4. The van der Waals surface area contributed by atoms with Crippen molar-refractivity contribution in [3.63, 3.8) is 0 Å². The van der Waals surface area contributed by atoms with Crippen molar-refractivity contribution in [3.05, 3.63) is 99.6 Å². The van der Waals surface area contributed by atoms with Gasteiger partial charge in [0.25, 0.3) is 5.91 Å². The van der Waals surface area contributed by atoms with Crippen molar-refractivity contribution in [2.75, 3.05) is 19.8 Å². The summed E-state index contributed by atoms with van der Waals surface area (Å²) >= 11 is 7.81. The van der Waals surface area contributed by atoms with Gasteiger partial charge in [-0.25, -0.2) is 4.98 Å². The van der Waals surface area contributed by atoms with E-state index < -0.39 is 46.2 Å². The van der Waals surface area contributed by atoms with Gasteiger partial charge in [0.05, 0.1) is 45.5 Å². The third-order valence-corrected chi connectivity index (χ3v) is 14.3. The van der Waals surface area contributed by atoms with E-state index in [1.807, 2.05) is 64.4 Å². The number of hydrogen-bond donors (Lipinski definition) is 4. The predicted octanol–water partition coefficient (Wildman–Crippen LogP) is 8.02. The quantitative estimate of drug-likeness (QED) is 0.0670. The van der Waals surface area contributed by atoms with Gasteiger partial charge < -0.3 is 40.2 Å². The van der Waals surface area contributed by atoms with E-state index in [4.69, 9.17) is 25.8 Å². The maximum atomic E-state index is 14.0. The molecule has 2 fully saturated rings. The van der Waals surface area contributed by atoms with Crippen LogP contribution in [0.2, 0.25) is 5.02 Å². The van der Waals surface area contributed by atoms with Crippen molar-refractivity contribution in [1.29, 1.82) is 5.26 Å². The first-order valence-corrected chi connectivity index (χ1v) is 24.4. The average Bonchev–Trinajstić information content (AvgIpc) is 3.92. The number of hydrogen-bond acceptors (Lipinski definition) is 11. The molecule has 4 N–H and O–H groups in total. The first-order chi connectivity index (χ1) is 32.1. The van der Waals surface area contributed by atoms with Gasteiger partial charge in [-0.05, 0) is 86.1 Å². The molecule has 0 bridgehead atoms. The zero-order valence-electron chi connectivity index (χ0n) is 40.5. The number of unbranched alkanes of at least 4 members (excludes halogenated alkanes) is 1. The number of aryl methyl sites for hydroxylation is 1. The summed E-state index contributed by atoms with van der Waals surface area (Å²) in [4.78, 5) is 60.9. The highest BCUT2D eigenvalue weighted by Gasteiger charge is 2.64. The molecule has 0 spiro atoms. The molecule has 68 heavy (non-hydrogen) atoms. The molecule has 2 aliphatic rings. The van der Waals surface area contributed by atoms with Crippen LogP contribution in [0.15, 0.2) is 72.2 Å². The Morgan fingerprint density at radius 2 is 1.68 bits per heavy atom. The standard InChI is InChI=1S/C52H65ClN6O8S/c1-31(12-10-11-23-65-38-20-17-35(18-21-38)45(62)58-48-51(6,7)49(52(48,8)9)67-39-22-19-36(26-54)40(53)25-39)66-29-42(61)57-44(50(3,4)5)47(64)59-28-37(60)24-41(59)46(63)55-27-33-13-15-34(16-14-33)43-32(2)56-30-68-43/h13-22,25,30-31,37,41,44,48-49,60H,10-12,23-24,27-29H2,1-9H3,(H,55,63)(H,57,61)(H,58,62)/t31-,37-,41+,44-,48-,49-/m1/s1. The van der Waals surface area contributed by atoms with E-state index in [0.29, 0.717) is 40.7 Å². The Labute approximate surface area is 409 Å². The van der Waals surface area contributed by atoms with Gasteiger partial charge >= 0.3 is 0 Å². The molecule has 1 saturated carbocycles. The van der Waals surface area contributed by atoms with Crippen LogP contribution < -0.4 is 25.4 Å². The molecule has 364 valence electrons. The van der Waals surface area contributed by atoms with Crippen LogP contribution in [0.3, 0.4) is 0 Å². The topological polar surface area (TPSA) is 192 Å². The summed E-state index contributed by atoms with van der Waals surface area (Å²) < 4.78 is 18.2. The molecule has 1 aromatic heterocycles. The molecule has 1 aliphatic heterocycles. The minimum atomic E-state index is -0.962. The van der Waals surface area contributed by atoms with Gasteiger partial charge in [-0.3, -0.25) is 19.2 Å². The maximum Gasteiger partial charge on any atom is 0.251 e. The summed E-state index contributed by atoms with van der Waals surface area (Å²) in [5.74, 6) is -0.237. The molecule has 2 heterocycles. The highest BCUT2D eigenvalue weighted by atomic mass is 35.5. The number of aliphatic hydroxyl groups excluding tert-OH is 1. The number of aromatic nitrogens is 1. The smallest absolute Gasteiger partial charge is 0.251 e. The number of benzene rings is 3. The number of halogens is 1. The van der Waals surface area contributed by atoms with Crippen molar-refractivity contribution < 1.29 is 38.5 Å². The highest BCUT2D eigenvalue weighted by Crippen LogP contribution is 2.55. The van der Waals surface area contributed by atoms with E-state index in [9.17, 15) is 29.5 Å². The van der Waals surface area contributed by atoms with Crippen LogP contribution in [0.1, 0.15) is 108 Å². The van der Waals surface area contributed by atoms with Crippen LogP contribution in [0, 0.1) is 34.5 Å². The summed E-state index contributed by atoms with van der Waals surface area (Å²) in [5, 5.41) is 29.1. The molecule has 1 saturated heterocycles. The number of nitriles is 1. The third-order valence-electron chi connectivity index (χ3n) is 13.0. The van der Waals surface area contributed by atoms with Gasteiger partial charge in [-0.15, -0.1) is 11.3 Å². The Hall–Kier alpha value is -5.53. The van der Waals surface area contributed by atoms with Crippen LogP contribution in [0.5, 0.6) is 11.5 Å². The Kier molecular flexibility index (Phi) is 16.6. The number of rotatable bonds is 19. The number of likely N-dealkylation sites (tertiary alicyclic amines) is 1. The minimum absolute atomic E-state index is 0.0160. The average molecular weight is 970 g/mol. The lowest BCUT2D eigenvalue weighted by molar-refractivity contribution is -0.164. The number of ether oxygens (including phenoxy) is 3. The lowest BCUT2D eigenvalue weighted by Gasteiger charge is -2.63. The predicted molar refractivity (Wildman–Crippen MR) is 262 cm³/mol. The van der Waals surface area contributed by atoms with Gasteiger partial charge in [-0.2, -0.15) is 5.26 Å². The number of carbonyl (C=O) groups excluding carboxylic acids is 4. The number of thiazole rings is 1. The third kappa shape index (κ3) is 12.4. The lowest BCUT2D eigenvalue weighted by Crippen LogP contribution is -2.74. The Balaban J connectivity index is 0.895. The number of nitrogens with zero attached hydrogens (tertiary/aromatic N) is 3. The van der Waals surface area contributed by atoms with Gasteiger partial charge in [0.1, 0.15) is 42.4 Å². The lowest BCUT2D eigenvalue weighted by atomic mass is 9.49. The first kappa shape index (κ1) is 51.9. The second-order valence-corrected chi connectivity index (χ2v) is 21.5. The molecule has 0 radical (unpaired) electrons. The zero-order valence-corrected chi connectivity index (χ0v) is 42.1.